The van der Waals surface area contributed by atoms with Crippen LogP contribution < -0.4 is 11.1 Å². The minimum absolute atomic E-state index is 0.0207. The minimum atomic E-state index is -0.473. The predicted molar refractivity (Wildman–Crippen MR) is 112 cm³/mol. The van der Waals surface area contributed by atoms with Crippen molar-refractivity contribution in [1.82, 2.24) is 9.80 Å². The normalized spacial score (nSPS) is 15.6. The van der Waals surface area contributed by atoms with Gasteiger partial charge in [-0.15, -0.1) is 11.3 Å². The van der Waals surface area contributed by atoms with Crippen molar-refractivity contribution in [2.45, 2.75) is 13.0 Å². The lowest BCUT2D eigenvalue weighted by Gasteiger charge is -2.34. The summed E-state index contributed by atoms with van der Waals surface area (Å²) in [5.41, 5.74) is 6.32. The first-order chi connectivity index (χ1) is 13.0. The van der Waals surface area contributed by atoms with Crippen molar-refractivity contribution in [3.8, 4) is 0 Å². The van der Waals surface area contributed by atoms with Gasteiger partial charge in [-0.1, -0.05) is 0 Å². The molecule has 3 N–H and O–H groups in total. The van der Waals surface area contributed by atoms with Gasteiger partial charge in [0.25, 0.3) is 0 Å². The van der Waals surface area contributed by atoms with Crippen LogP contribution in [0.15, 0.2) is 40.2 Å². The Morgan fingerprint density at radius 2 is 1.70 bits per heavy atom. The number of thiophene rings is 1. The van der Waals surface area contributed by atoms with Crippen molar-refractivity contribution in [3.05, 3.63) is 50.6 Å². The van der Waals surface area contributed by atoms with Crippen LogP contribution in [0.25, 0.3) is 0 Å². The molecule has 1 aliphatic heterocycles. The summed E-state index contributed by atoms with van der Waals surface area (Å²) in [5, 5.41) is 2.86. The maximum atomic E-state index is 12.1. The van der Waals surface area contributed by atoms with Crippen LogP contribution in [-0.4, -0.2) is 54.3 Å². The molecule has 27 heavy (non-hydrogen) atoms. The molecule has 0 saturated carbocycles. The Morgan fingerprint density at radius 3 is 2.30 bits per heavy atom. The molecule has 0 atom stereocenters. The average Bonchev–Trinajstić information content (AvgIpc) is 3.06. The summed E-state index contributed by atoms with van der Waals surface area (Å²) in [4.78, 5) is 29.4. The van der Waals surface area contributed by atoms with Gasteiger partial charge in [0.1, 0.15) is 0 Å². The van der Waals surface area contributed by atoms with Crippen LogP contribution in [0.2, 0.25) is 0 Å². The number of benzene rings is 1. The van der Waals surface area contributed by atoms with Crippen LogP contribution in [0.3, 0.4) is 0 Å². The Hall–Kier alpha value is -1.74. The van der Waals surface area contributed by atoms with E-state index >= 15 is 0 Å². The van der Waals surface area contributed by atoms with Gasteiger partial charge in [0.15, 0.2) is 0 Å². The molecule has 0 aliphatic carbocycles. The number of amides is 2. The van der Waals surface area contributed by atoms with E-state index in [1.807, 2.05) is 0 Å². The van der Waals surface area contributed by atoms with Gasteiger partial charge in [-0.05, 0) is 52.3 Å². The predicted octanol–water partition coefficient (Wildman–Crippen LogP) is 2.76. The first kappa shape index (κ1) is 20.0. The molecule has 144 valence electrons. The number of carbonyl (C=O) groups is 2. The van der Waals surface area contributed by atoms with E-state index in [0.29, 0.717) is 17.7 Å². The maximum Gasteiger partial charge on any atom is 0.248 e. The molecular formula is C19H23BrN4O2S. The highest BCUT2D eigenvalue weighted by Crippen LogP contribution is 2.23. The Morgan fingerprint density at radius 1 is 1.04 bits per heavy atom. The van der Waals surface area contributed by atoms with E-state index in [1.54, 1.807) is 35.6 Å². The molecule has 0 spiro atoms. The summed E-state index contributed by atoms with van der Waals surface area (Å²) in [6.07, 6.45) is 0.454. The second-order valence-electron chi connectivity index (χ2n) is 6.56. The highest BCUT2D eigenvalue weighted by molar-refractivity contribution is 9.11. The molecule has 2 aromatic rings. The van der Waals surface area contributed by atoms with Gasteiger partial charge in [-0.25, -0.2) is 0 Å². The molecule has 0 bridgehead atoms. The fourth-order valence-electron chi connectivity index (χ4n) is 3.03. The van der Waals surface area contributed by atoms with Gasteiger partial charge < -0.3 is 16.0 Å². The van der Waals surface area contributed by atoms with Crippen molar-refractivity contribution < 1.29 is 9.59 Å². The average molecular weight is 451 g/mol. The molecule has 8 heteroatoms. The highest BCUT2D eigenvalue weighted by atomic mass is 79.9. The van der Waals surface area contributed by atoms with Crippen molar-refractivity contribution in [3.63, 3.8) is 0 Å². The number of nitrogens with two attached hydrogens (primary N) is 1. The summed E-state index contributed by atoms with van der Waals surface area (Å²) in [5.74, 6) is -0.494. The van der Waals surface area contributed by atoms with Crippen molar-refractivity contribution in [2.75, 3.05) is 38.0 Å². The summed E-state index contributed by atoms with van der Waals surface area (Å²) >= 11 is 5.29. The number of nitrogens with one attached hydrogen (secondary N) is 1. The van der Waals surface area contributed by atoms with Crippen molar-refractivity contribution >= 4 is 44.8 Å². The highest BCUT2D eigenvalue weighted by Gasteiger charge is 2.18. The molecule has 1 saturated heterocycles. The molecule has 0 radical (unpaired) electrons. The first-order valence-corrected chi connectivity index (χ1v) is 10.5. The van der Waals surface area contributed by atoms with Crippen LogP contribution >= 0.6 is 27.3 Å². The zero-order valence-corrected chi connectivity index (χ0v) is 17.4. The number of hydrogen-bond donors (Lipinski definition) is 2. The number of carbonyl (C=O) groups excluding carboxylic acids is 2. The summed E-state index contributed by atoms with van der Waals surface area (Å²) in [7, 11) is 0. The standard InChI is InChI=1S/C19H23BrN4O2S/c20-17-6-5-16(27-17)13-24-11-9-23(10-12-24)8-7-18(25)22-15-3-1-14(2-4-15)19(21)26/h1-6H,7-13H2,(H2,21,26)(H,22,25). The van der Waals surface area contributed by atoms with Gasteiger partial charge in [0, 0.05) is 61.8 Å². The van der Waals surface area contributed by atoms with Crippen LogP contribution in [0.5, 0.6) is 0 Å². The molecule has 1 fully saturated rings. The number of piperazine rings is 1. The third-order valence-electron chi connectivity index (χ3n) is 4.58. The fraction of sp³-hybridized carbons (Fsp3) is 0.368. The molecule has 2 amide bonds. The summed E-state index contributed by atoms with van der Waals surface area (Å²) < 4.78 is 1.17. The van der Waals surface area contributed by atoms with E-state index in [-0.39, 0.29) is 5.91 Å². The van der Waals surface area contributed by atoms with Gasteiger partial charge in [0.2, 0.25) is 11.8 Å². The molecule has 6 nitrogen and oxygen atoms in total. The zero-order valence-electron chi connectivity index (χ0n) is 15.0. The SMILES string of the molecule is NC(=O)c1ccc(NC(=O)CCN2CCN(Cc3ccc(Br)s3)CC2)cc1. The van der Waals surface area contributed by atoms with E-state index in [9.17, 15) is 9.59 Å². The molecular weight excluding hydrogens is 428 g/mol. The Kier molecular flexibility index (Phi) is 7.01. The third-order valence-corrected chi connectivity index (χ3v) is 6.19. The lowest BCUT2D eigenvalue weighted by molar-refractivity contribution is -0.116. The van der Waals surface area contributed by atoms with E-state index in [4.69, 9.17) is 5.73 Å². The maximum absolute atomic E-state index is 12.1. The van der Waals surface area contributed by atoms with E-state index in [0.717, 1.165) is 39.3 Å². The van der Waals surface area contributed by atoms with Crippen LogP contribution in [0, 0.1) is 0 Å². The van der Waals surface area contributed by atoms with Crippen LogP contribution in [0.4, 0.5) is 5.69 Å². The van der Waals surface area contributed by atoms with Gasteiger partial charge >= 0.3 is 0 Å². The van der Waals surface area contributed by atoms with Gasteiger partial charge in [-0.2, -0.15) is 0 Å². The number of anilines is 1. The Labute approximate surface area is 171 Å². The van der Waals surface area contributed by atoms with Crippen LogP contribution in [-0.2, 0) is 11.3 Å². The molecule has 1 aromatic heterocycles. The second-order valence-corrected chi connectivity index (χ2v) is 9.11. The largest absolute Gasteiger partial charge is 0.366 e. The number of hydrogen-bond acceptors (Lipinski definition) is 5. The second kappa shape index (κ2) is 9.45. The molecule has 3 rings (SSSR count). The van der Waals surface area contributed by atoms with E-state index in [2.05, 4.69) is 43.2 Å². The van der Waals surface area contributed by atoms with E-state index < -0.39 is 5.91 Å². The Bertz CT molecular complexity index is 785. The zero-order chi connectivity index (χ0) is 19.2. The van der Waals surface area contributed by atoms with Gasteiger partial charge in [-0.3, -0.25) is 14.5 Å². The molecule has 0 unspecified atom stereocenters. The third kappa shape index (κ3) is 6.14. The molecule has 2 heterocycles. The number of nitrogens with zero attached hydrogens (tertiary/aromatic N) is 2. The first-order valence-electron chi connectivity index (χ1n) is 8.88. The number of halogens is 1. The fourth-order valence-corrected chi connectivity index (χ4v) is 4.55. The van der Waals surface area contributed by atoms with E-state index in [1.165, 1.54) is 8.66 Å². The van der Waals surface area contributed by atoms with Crippen molar-refractivity contribution in [2.24, 2.45) is 5.73 Å². The summed E-state index contributed by atoms with van der Waals surface area (Å²) in [6, 6.07) is 10.9. The number of primary amides is 1. The van der Waals surface area contributed by atoms with Gasteiger partial charge in [0.05, 0.1) is 3.79 Å². The smallest absolute Gasteiger partial charge is 0.248 e. The van der Waals surface area contributed by atoms with Crippen molar-refractivity contribution in [1.29, 1.82) is 0 Å². The molecule has 1 aliphatic rings. The monoisotopic (exact) mass is 450 g/mol. The minimum Gasteiger partial charge on any atom is -0.366 e. The topological polar surface area (TPSA) is 78.7 Å². The lowest BCUT2D eigenvalue weighted by Crippen LogP contribution is -2.46. The molecule has 1 aromatic carbocycles. The Balaban J connectivity index is 1.36. The number of rotatable bonds is 7. The quantitative estimate of drug-likeness (QED) is 0.679. The summed E-state index contributed by atoms with van der Waals surface area (Å²) in [6.45, 7) is 5.74. The lowest BCUT2D eigenvalue weighted by atomic mass is 10.2. The van der Waals surface area contributed by atoms with Crippen LogP contribution in [0.1, 0.15) is 21.7 Å².